The highest BCUT2D eigenvalue weighted by Gasteiger charge is 2.27. The van der Waals surface area contributed by atoms with Crippen LogP contribution in [0.1, 0.15) is 18.2 Å². The molecule has 0 amide bonds. The second-order valence-electron chi connectivity index (χ2n) is 5.84. The molecular weight excluding hydrogens is 272 g/mol. The Morgan fingerprint density at radius 2 is 1.95 bits per heavy atom. The standard InChI is InChI=1S/C19H20N2O/c1-15-12-21(13-16-7-3-2-4-8-16)14-17(19(15)22)11-18-9-5-6-10-20-18/h2-11,15H,12-14H2,1H3/b17-11+. The summed E-state index contributed by atoms with van der Waals surface area (Å²) in [6.45, 7) is 4.38. The van der Waals surface area contributed by atoms with E-state index < -0.39 is 0 Å². The number of hydrogen-bond donors (Lipinski definition) is 0. The summed E-state index contributed by atoms with van der Waals surface area (Å²) in [5, 5.41) is 0. The van der Waals surface area contributed by atoms with Crippen molar-refractivity contribution >= 4 is 11.9 Å². The maximum Gasteiger partial charge on any atom is 0.164 e. The maximum atomic E-state index is 12.4. The van der Waals surface area contributed by atoms with Crippen LogP contribution in [0, 0.1) is 5.92 Å². The quantitative estimate of drug-likeness (QED) is 0.815. The molecule has 1 unspecified atom stereocenters. The predicted molar refractivity (Wildman–Crippen MR) is 88.1 cm³/mol. The van der Waals surface area contributed by atoms with Gasteiger partial charge in [0.2, 0.25) is 0 Å². The molecule has 1 fully saturated rings. The van der Waals surface area contributed by atoms with Crippen LogP contribution in [0.5, 0.6) is 0 Å². The van der Waals surface area contributed by atoms with Crippen molar-refractivity contribution in [3.05, 3.63) is 71.6 Å². The third-order valence-electron chi connectivity index (χ3n) is 3.95. The average Bonchev–Trinajstić information content (AvgIpc) is 2.54. The Hall–Kier alpha value is -2.26. The van der Waals surface area contributed by atoms with Gasteiger partial charge in [-0.25, -0.2) is 0 Å². The van der Waals surface area contributed by atoms with Crippen LogP contribution in [-0.4, -0.2) is 28.8 Å². The Labute approximate surface area is 131 Å². The van der Waals surface area contributed by atoms with E-state index >= 15 is 0 Å². The summed E-state index contributed by atoms with van der Waals surface area (Å²) in [5.41, 5.74) is 2.98. The summed E-state index contributed by atoms with van der Waals surface area (Å²) in [7, 11) is 0. The van der Waals surface area contributed by atoms with E-state index in [9.17, 15) is 4.79 Å². The number of pyridine rings is 1. The zero-order chi connectivity index (χ0) is 15.4. The number of carbonyl (C=O) groups is 1. The number of nitrogens with zero attached hydrogens (tertiary/aromatic N) is 2. The van der Waals surface area contributed by atoms with Crippen LogP contribution in [0.4, 0.5) is 0 Å². The van der Waals surface area contributed by atoms with E-state index in [2.05, 4.69) is 34.1 Å². The molecule has 1 atom stereocenters. The number of aromatic nitrogens is 1. The molecule has 0 bridgehead atoms. The van der Waals surface area contributed by atoms with Crippen molar-refractivity contribution in [3.63, 3.8) is 0 Å². The minimum atomic E-state index is 0.0347. The highest BCUT2D eigenvalue weighted by Crippen LogP contribution is 2.21. The fourth-order valence-corrected chi connectivity index (χ4v) is 2.89. The Kier molecular flexibility index (Phi) is 4.45. The van der Waals surface area contributed by atoms with Crippen molar-refractivity contribution in [2.45, 2.75) is 13.5 Å². The molecule has 0 aliphatic carbocycles. The zero-order valence-electron chi connectivity index (χ0n) is 12.8. The van der Waals surface area contributed by atoms with Crippen LogP contribution < -0.4 is 0 Å². The zero-order valence-corrected chi connectivity index (χ0v) is 12.8. The van der Waals surface area contributed by atoms with Crippen molar-refractivity contribution < 1.29 is 4.79 Å². The second-order valence-corrected chi connectivity index (χ2v) is 5.84. The summed E-state index contributed by atoms with van der Waals surface area (Å²) >= 11 is 0. The highest BCUT2D eigenvalue weighted by molar-refractivity contribution is 6.01. The van der Waals surface area contributed by atoms with Gasteiger partial charge in [0.25, 0.3) is 0 Å². The van der Waals surface area contributed by atoms with Crippen molar-refractivity contribution in [2.75, 3.05) is 13.1 Å². The number of hydrogen-bond acceptors (Lipinski definition) is 3. The Morgan fingerprint density at radius 3 is 2.68 bits per heavy atom. The second kappa shape index (κ2) is 6.67. The lowest BCUT2D eigenvalue weighted by atomic mass is 9.92. The summed E-state index contributed by atoms with van der Waals surface area (Å²) in [6, 6.07) is 16.1. The maximum absolute atomic E-state index is 12.4. The molecule has 1 aliphatic rings. The lowest BCUT2D eigenvalue weighted by molar-refractivity contribution is -0.121. The molecule has 1 aromatic carbocycles. The van der Waals surface area contributed by atoms with Gasteiger partial charge in [-0.1, -0.05) is 43.3 Å². The van der Waals surface area contributed by atoms with Gasteiger partial charge in [0.15, 0.2) is 5.78 Å². The molecule has 3 heteroatoms. The van der Waals surface area contributed by atoms with E-state index in [1.807, 2.05) is 37.3 Å². The smallest absolute Gasteiger partial charge is 0.164 e. The van der Waals surface area contributed by atoms with Gasteiger partial charge < -0.3 is 0 Å². The first kappa shape index (κ1) is 14.7. The third-order valence-corrected chi connectivity index (χ3v) is 3.95. The number of piperidine rings is 1. The normalized spacial score (nSPS) is 21.2. The van der Waals surface area contributed by atoms with Gasteiger partial charge in [-0.2, -0.15) is 0 Å². The summed E-state index contributed by atoms with van der Waals surface area (Å²) < 4.78 is 0. The Balaban J connectivity index is 1.78. The molecule has 1 saturated heterocycles. The van der Waals surface area contributed by atoms with Crippen LogP contribution in [0.2, 0.25) is 0 Å². The van der Waals surface area contributed by atoms with E-state index in [0.717, 1.165) is 24.4 Å². The molecule has 1 aromatic heterocycles. The van der Waals surface area contributed by atoms with Gasteiger partial charge in [0, 0.05) is 37.3 Å². The summed E-state index contributed by atoms with van der Waals surface area (Å²) in [6.07, 6.45) is 3.68. The van der Waals surface area contributed by atoms with Gasteiger partial charge in [-0.05, 0) is 23.8 Å². The molecule has 3 rings (SSSR count). The SMILES string of the molecule is CC1CN(Cc2ccccc2)C/C(=C\c2ccccn2)C1=O. The van der Waals surface area contributed by atoms with E-state index in [0.29, 0.717) is 6.54 Å². The first-order valence-electron chi connectivity index (χ1n) is 7.64. The van der Waals surface area contributed by atoms with Crippen LogP contribution in [0.3, 0.4) is 0 Å². The van der Waals surface area contributed by atoms with E-state index in [1.165, 1.54) is 5.56 Å². The van der Waals surface area contributed by atoms with Gasteiger partial charge in [-0.15, -0.1) is 0 Å². The molecule has 0 N–H and O–H groups in total. The number of carbonyl (C=O) groups excluding carboxylic acids is 1. The minimum Gasteiger partial charge on any atom is -0.294 e. The van der Waals surface area contributed by atoms with Crippen LogP contribution in [0.25, 0.3) is 6.08 Å². The molecule has 2 aromatic rings. The van der Waals surface area contributed by atoms with Crippen molar-refractivity contribution in [3.8, 4) is 0 Å². The first-order valence-corrected chi connectivity index (χ1v) is 7.64. The Morgan fingerprint density at radius 1 is 1.18 bits per heavy atom. The van der Waals surface area contributed by atoms with Gasteiger partial charge in [0.1, 0.15) is 0 Å². The van der Waals surface area contributed by atoms with Crippen LogP contribution >= 0.6 is 0 Å². The lowest BCUT2D eigenvalue weighted by Crippen LogP contribution is -2.40. The average molecular weight is 292 g/mol. The fourth-order valence-electron chi connectivity index (χ4n) is 2.89. The lowest BCUT2D eigenvalue weighted by Gasteiger charge is -2.31. The van der Waals surface area contributed by atoms with Crippen molar-refractivity contribution in [1.82, 2.24) is 9.88 Å². The van der Waals surface area contributed by atoms with E-state index in [-0.39, 0.29) is 11.7 Å². The molecule has 3 nitrogen and oxygen atoms in total. The largest absolute Gasteiger partial charge is 0.294 e. The molecule has 112 valence electrons. The topological polar surface area (TPSA) is 33.2 Å². The highest BCUT2D eigenvalue weighted by atomic mass is 16.1. The molecule has 0 spiro atoms. The van der Waals surface area contributed by atoms with Gasteiger partial charge >= 0.3 is 0 Å². The first-order chi connectivity index (χ1) is 10.7. The number of rotatable bonds is 3. The van der Waals surface area contributed by atoms with Crippen molar-refractivity contribution in [1.29, 1.82) is 0 Å². The van der Waals surface area contributed by atoms with E-state index in [4.69, 9.17) is 0 Å². The molecule has 0 saturated carbocycles. The van der Waals surface area contributed by atoms with Gasteiger partial charge in [-0.3, -0.25) is 14.7 Å². The fraction of sp³-hybridized carbons (Fsp3) is 0.263. The van der Waals surface area contributed by atoms with Crippen LogP contribution in [-0.2, 0) is 11.3 Å². The number of likely N-dealkylation sites (tertiary alicyclic amines) is 1. The van der Waals surface area contributed by atoms with E-state index in [1.54, 1.807) is 6.20 Å². The molecular formula is C19H20N2O. The molecule has 2 heterocycles. The summed E-state index contributed by atoms with van der Waals surface area (Å²) in [5.74, 6) is 0.280. The molecule has 0 radical (unpaired) electrons. The van der Waals surface area contributed by atoms with Crippen LogP contribution in [0.15, 0.2) is 60.3 Å². The Bertz CT molecular complexity index is 664. The molecule has 22 heavy (non-hydrogen) atoms. The number of benzene rings is 1. The van der Waals surface area contributed by atoms with Crippen molar-refractivity contribution in [2.24, 2.45) is 5.92 Å². The predicted octanol–water partition coefficient (Wildman–Crippen LogP) is 3.19. The number of Topliss-reactive ketones (excluding diaryl/α,β-unsaturated/α-hetero) is 1. The molecule has 1 aliphatic heterocycles. The summed E-state index contributed by atoms with van der Waals surface area (Å²) in [4.78, 5) is 19.0. The van der Waals surface area contributed by atoms with Gasteiger partial charge in [0.05, 0.1) is 5.69 Å². The third kappa shape index (κ3) is 3.49. The number of ketones is 1. The monoisotopic (exact) mass is 292 g/mol. The minimum absolute atomic E-state index is 0.0347.